The van der Waals surface area contributed by atoms with Crippen molar-refractivity contribution in [1.29, 1.82) is 0 Å². The zero-order valence-corrected chi connectivity index (χ0v) is 21.6. The van der Waals surface area contributed by atoms with Crippen LogP contribution in [0.1, 0.15) is 13.8 Å². The van der Waals surface area contributed by atoms with E-state index in [-0.39, 0.29) is 16.4 Å². The van der Waals surface area contributed by atoms with Gasteiger partial charge in [0.05, 0.1) is 11.1 Å². The van der Waals surface area contributed by atoms with Gasteiger partial charge in [-0.05, 0) is 44.2 Å². The molecule has 0 saturated heterocycles. The number of hydrogen-bond acceptors (Lipinski definition) is 8. The minimum Gasteiger partial charge on any atom is -0.410 e. The first-order valence-electron chi connectivity index (χ1n) is 11.2. The van der Waals surface area contributed by atoms with Gasteiger partial charge in [0.1, 0.15) is 17.3 Å². The zero-order chi connectivity index (χ0) is 26.5. The van der Waals surface area contributed by atoms with Crippen molar-refractivity contribution in [2.75, 3.05) is 48.8 Å². The van der Waals surface area contributed by atoms with E-state index >= 15 is 0 Å². The summed E-state index contributed by atoms with van der Waals surface area (Å²) in [6.45, 7) is 5.19. The molecule has 0 atom stereocenters. The summed E-state index contributed by atoms with van der Waals surface area (Å²) < 4.78 is 46.6. The second-order valence-corrected chi connectivity index (χ2v) is 9.89. The first-order valence-corrected chi connectivity index (χ1v) is 12.6. The van der Waals surface area contributed by atoms with Crippen LogP contribution in [0.3, 0.4) is 0 Å². The first-order chi connectivity index (χ1) is 17.1. The highest BCUT2D eigenvalue weighted by molar-refractivity contribution is 7.92. The lowest BCUT2D eigenvalue weighted by Gasteiger charge is -2.24. The molecule has 0 spiro atoms. The number of rotatable bonds is 9. The molecular formula is C24H29FN6O4S. The monoisotopic (exact) mass is 516 g/mol. The van der Waals surface area contributed by atoms with Crippen molar-refractivity contribution in [3.63, 3.8) is 0 Å². The number of carbonyl (C=O) groups is 1. The first kappa shape index (κ1) is 26.7. The summed E-state index contributed by atoms with van der Waals surface area (Å²) in [5, 5.41) is 3.11. The van der Waals surface area contributed by atoms with Crippen LogP contribution in [0.15, 0.2) is 59.6 Å². The Kier molecular flexibility index (Phi) is 8.30. The highest BCUT2D eigenvalue weighted by Gasteiger charge is 2.26. The maximum atomic E-state index is 13.8. The molecule has 0 saturated carbocycles. The molecule has 10 nitrogen and oxygen atoms in total. The predicted molar refractivity (Wildman–Crippen MR) is 137 cm³/mol. The molecule has 2 aromatic carbocycles. The molecule has 3 rings (SSSR count). The van der Waals surface area contributed by atoms with Gasteiger partial charge in [-0.15, -0.1) is 0 Å². The number of anilines is 4. The van der Waals surface area contributed by atoms with Crippen LogP contribution in [0, 0.1) is 5.82 Å². The minimum atomic E-state index is -4.12. The van der Waals surface area contributed by atoms with Crippen molar-refractivity contribution in [3.05, 3.63) is 60.5 Å². The Balaban J connectivity index is 2.04. The fraction of sp³-hybridized carbons (Fsp3) is 0.292. The fourth-order valence-corrected chi connectivity index (χ4v) is 4.45. The summed E-state index contributed by atoms with van der Waals surface area (Å²) in [5.41, 5.74) is 0.645. The fourth-order valence-electron chi connectivity index (χ4n) is 3.23. The van der Waals surface area contributed by atoms with Crippen molar-refractivity contribution < 1.29 is 22.3 Å². The van der Waals surface area contributed by atoms with Crippen LogP contribution in [0.4, 0.5) is 32.3 Å². The standard InChI is InChI=1S/C24H29FN6O4S/c1-6-31(7-2)23-26-16-21(30(5)36(33,34)20-13-8-10-17(25)14-20)22(28-23)27-18-11-9-12-19(15-18)35-24(32)29(3)4/h8-16H,6-7H2,1-5H3,(H,26,27,28). The van der Waals surface area contributed by atoms with Crippen molar-refractivity contribution in [1.82, 2.24) is 14.9 Å². The third kappa shape index (κ3) is 6.00. The van der Waals surface area contributed by atoms with Gasteiger partial charge in [-0.1, -0.05) is 12.1 Å². The van der Waals surface area contributed by atoms with E-state index in [1.165, 1.54) is 36.3 Å². The summed E-state index contributed by atoms with van der Waals surface area (Å²) in [6.07, 6.45) is 0.857. The molecule has 192 valence electrons. The molecule has 0 aliphatic carbocycles. The lowest BCUT2D eigenvalue weighted by Crippen LogP contribution is -2.29. The summed E-state index contributed by atoms with van der Waals surface area (Å²) >= 11 is 0. The van der Waals surface area contributed by atoms with E-state index < -0.39 is 21.9 Å². The molecule has 1 N–H and O–H groups in total. The molecular weight excluding hydrogens is 487 g/mol. The van der Waals surface area contributed by atoms with E-state index in [0.717, 1.165) is 10.4 Å². The van der Waals surface area contributed by atoms with Crippen LogP contribution in [0.2, 0.25) is 0 Å². The second-order valence-electron chi connectivity index (χ2n) is 7.92. The highest BCUT2D eigenvalue weighted by Crippen LogP contribution is 2.32. The molecule has 0 radical (unpaired) electrons. The molecule has 12 heteroatoms. The lowest BCUT2D eigenvalue weighted by molar-refractivity contribution is 0.172. The van der Waals surface area contributed by atoms with Crippen molar-refractivity contribution in [2.24, 2.45) is 0 Å². The van der Waals surface area contributed by atoms with Crippen LogP contribution in [0.25, 0.3) is 0 Å². The Labute approximate surface area is 210 Å². The Hall–Kier alpha value is -3.93. The number of benzene rings is 2. The smallest absolute Gasteiger partial charge is 0.410 e. The second kappa shape index (κ2) is 11.2. The van der Waals surface area contributed by atoms with Crippen molar-refractivity contribution in [2.45, 2.75) is 18.7 Å². The molecule has 1 amide bonds. The van der Waals surface area contributed by atoms with Gasteiger partial charge in [0, 0.05) is 46.0 Å². The largest absolute Gasteiger partial charge is 0.414 e. The number of carbonyl (C=O) groups excluding carboxylic acids is 1. The Morgan fingerprint density at radius 3 is 2.39 bits per heavy atom. The van der Waals surface area contributed by atoms with Gasteiger partial charge in [0.2, 0.25) is 5.95 Å². The molecule has 0 bridgehead atoms. The number of aromatic nitrogens is 2. The Bertz CT molecular complexity index is 1330. The van der Waals surface area contributed by atoms with E-state index in [1.54, 1.807) is 38.4 Å². The van der Waals surface area contributed by atoms with E-state index in [2.05, 4.69) is 15.3 Å². The van der Waals surface area contributed by atoms with Crippen LogP contribution < -0.4 is 19.3 Å². The van der Waals surface area contributed by atoms with Gasteiger partial charge in [0.15, 0.2) is 5.82 Å². The summed E-state index contributed by atoms with van der Waals surface area (Å²) in [7, 11) is 0.363. The zero-order valence-electron chi connectivity index (χ0n) is 20.8. The maximum absolute atomic E-state index is 13.8. The number of nitrogens with zero attached hydrogens (tertiary/aromatic N) is 5. The lowest BCUT2D eigenvalue weighted by atomic mass is 10.3. The third-order valence-corrected chi connectivity index (χ3v) is 7.03. The minimum absolute atomic E-state index is 0.144. The summed E-state index contributed by atoms with van der Waals surface area (Å²) in [4.78, 5) is 23.9. The van der Waals surface area contributed by atoms with E-state index in [0.29, 0.717) is 30.5 Å². The topological polar surface area (TPSA) is 108 Å². The summed E-state index contributed by atoms with van der Waals surface area (Å²) in [6, 6.07) is 11.4. The van der Waals surface area contributed by atoms with E-state index in [4.69, 9.17) is 4.74 Å². The molecule has 36 heavy (non-hydrogen) atoms. The number of halogens is 1. The number of hydrogen-bond donors (Lipinski definition) is 1. The number of ether oxygens (including phenoxy) is 1. The molecule has 3 aromatic rings. The number of amides is 1. The Morgan fingerprint density at radius 1 is 1.06 bits per heavy atom. The number of nitrogens with one attached hydrogen (secondary N) is 1. The average Bonchev–Trinajstić information content (AvgIpc) is 2.84. The van der Waals surface area contributed by atoms with Gasteiger partial charge in [0.25, 0.3) is 10.0 Å². The van der Waals surface area contributed by atoms with Crippen LogP contribution >= 0.6 is 0 Å². The normalized spacial score (nSPS) is 11.1. The highest BCUT2D eigenvalue weighted by atomic mass is 32.2. The van der Waals surface area contributed by atoms with Gasteiger partial charge >= 0.3 is 6.09 Å². The number of sulfonamides is 1. The van der Waals surface area contributed by atoms with Crippen molar-refractivity contribution in [3.8, 4) is 5.75 Å². The molecule has 0 aliphatic heterocycles. The van der Waals surface area contributed by atoms with Crippen LogP contribution in [-0.2, 0) is 10.0 Å². The summed E-state index contributed by atoms with van der Waals surface area (Å²) in [5.74, 6) is 0.225. The van der Waals surface area contributed by atoms with Crippen LogP contribution in [-0.4, -0.2) is 63.6 Å². The molecule has 0 fully saturated rings. The average molecular weight is 517 g/mol. The maximum Gasteiger partial charge on any atom is 0.414 e. The predicted octanol–water partition coefficient (Wildman–Crippen LogP) is 4.09. The van der Waals surface area contributed by atoms with E-state index in [9.17, 15) is 17.6 Å². The Morgan fingerprint density at radius 2 is 1.75 bits per heavy atom. The van der Waals surface area contributed by atoms with Gasteiger partial charge in [-0.25, -0.2) is 22.6 Å². The quantitative estimate of drug-likeness (QED) is 0.453. The molecule has 0 aliphatic rings. The van der Waals surface area contributed by atoms with Gasteiger partial charge < -0.3 is 19.9 Å². The van der Waals surface area contributed by atoms with Gasteiger partial charge in [-0.2, -0.15) is 4.98 Å². The SMILES string of the molecule is CCN(CC)c1ncc(N(C)S(=O)(=O)c2cccc(F)c2)c(Nc2cccc(OC(=O)N(C)C)c2)n1. The third-order valence-electron chi connectivity index (χ3n) is 5.26. The van der Waals surface area contributed by atoms with Crippen molar-refractivity contribution >= 4 is 39.3 Å². The van der Waals surface area contributed by atoms with Gasteiger partial charge in [-0.3, -0.25) is 4.31 Å². The van der Waals surface area contributed by atoms with Crippen LogP contribution in [0.5, 0.6) is 5.75 Å². The molecule has 0 unspecified atom stereocenters. The molecule has 1 heterocycles. The van der Waals surface area contributed by atoms with E-state index in [1.807, 2.05) is 18.7 Å². The molecule has 1 aromatic heterocycles.